The third-order valence-electron chi connectivity index (χ3n) is 7.17. The molecule has 1 unspecified atom stereocenters. The van der Waals surface area contributed by atoms with E-state index in [9.17, 15) is 23.2 Å². The van der Waals surface area contributed by atoms with Gasteiger partial charge in [0.25, 0.3) is 0 Å². The van der Waals surface area contributed by atoms with E-state index in [4.69, 9.17) is 9.47 Å². The van der Waals surface area contributed by atoms with Crippen LogP contribution in [0.3, 0.4) is 0 Å². The maximum absolute atomic E-state index is 14.2. The molecule has 13 heteroatoms. The molecule has 0 saturated heterocycles. The van der Waals surface area contributed by atoms with Crippen LogP contribution >= 0.6 is 12.4 Å². The third kappa shape index (κ3) is 7.57. The third-order valence-corrected chi connectivity index (χ3v) is 7.17. The molecule has 10 nitrogen and oxygen atoms in total. The van der Waals surface area contributed by atoms with E-state index >= 15 is 0 Å². The molecule has 1 aromatic carbocycles. The lowest BCUT2D eigenvalue weighted by Crippen LogP contribution is -2.55. The highest BCUT2D eigenvalue weighted by Gasteiger charge is 2.43. The number of amides is 4. The number of carbonyl (C=O) groups is 3. The van der Waals surface area contributed by atoms with Crippen LogP contribution in [-0.4, -0.2) is 67.9 Å². The number of imide groups is 1. The SMILES string of the molecule is COCC1=C(C(=O)OC)C(c2ccc(F)c(F)c2)N(C(=O)NCCNC2CCC(c3ccccn3)CC2)C(=O)N1.Cl. The van der Waals surface area contributed by atoms with Crippen LogP contribution in [0.25, 0.3) is 0 Å². The first-order chi connectivity index (χ1) is 19.3. The second kappa shape index (κ2) is 14.9. The molecule has 1 aromatic heterocycles. The zero-order valence-electron chi connectivity index (χ0n) is 22.8. The number of halogens is 3. The summed E-state index contributed by atoms with van der Waals surface area (Å²) < 4.78 is 37.9. The fourth-order valence-electron chi connectivity index (χ4n) is 5.22. The van der Waals surface area contributed by atoms with Crippen molar-refractivity contribution in [3.05, 3.63) is 76.8 Å². The molecular formula is C28H34ClF2N5O5. The first kappa shape index (κ1) is 31.9. The Labute approximate surface area is 243 Å². The quantitative estimate of drug-likeness (QED) is 0.297. The van der Waals surface area contributed by atoms with E-state index in [-0.39, 0.29) is 48.4 Å². The summed E-state index contributed by atoms with van der Waals surface area (Å²) >= 11 is 0. The number of esters is 1. The zero-order chi connectivity index (χ0) is 28.6. The fourth-order valence-corrected chi connectivity index (χ4v) is 5.22. The molecule has 41 heavy (non-hydrogen) atoms. The summed E-state index contributed by atoms with van der Waals surface area (Å²) in [5.41, 5.74) is 1.05. The predicted octanol–water partition coefficient (Wildman–Crippen LogP) is 3.95. The summed E-state index contributed by atoms with van der Waals surface area (Å²) in [4.78, 5) is 44.3. The molecule has 0 radical (unpaired) electrons. The zero-order valence-corrected chi connectivity index (χ0v) is 23.6. The number of pyridine rings is 1. The summed E-state index contributed by atoms with van der Waals surface area (Å²) in [5.74, 6) is -2.73. The highest BCUT2D eigenvalue weighted by atomic mass is 35.5. The van der Waals surface area contributed by atoms with E-state index in [1.165, 1.54) is 13.2 Å². The Balaban J connectivity index is 0.00000462. The van der Waals surface area contributed by atoms with Crippen molar-refractivity contribution in [1.29, 1.82) is 0 Å². The molecule has 2 aliphatic rings. The van der Waals surface area contributed by atoms with Crippen molar-refractivity contribution in [3.63, 3.8) is 0 Å². The van der Waals surface area contributed by atoms with Crippen LogP contribution in [0.2, 0.25) is 0 Å². The standard InChI is InChI=1S/C28H33F2N5O5.ClH/c1-39-16-23-24(26(36)40-2)25(18-8-11-20(29)21(30)15-18)35(28(38)34-23)27(37)33-14-13-31-19-9-6-17(7-10-19)22-5-3-4-12-32-22;/h3-5,8,11-12,15,17,19,25,31H,6-7,9-10,13-14,16H2,1-2H3,(H,33,37)(H,34,38);1H. The van der Waals surface area contributed by atoms with Gasteiger partial charge in [-0.3, -0.25) is 4.98 Å². The van der Waals surface area contributed by atoms with Crippen molar-refractivity contribution in [3.8, 4) is 0 Å². The highest BCUT2D eigenvalue weighted by molar-refractivity contribution is 6.01. The summed E-state index contributed by atoms with van der Waals surface area (Å²) in [6.07, 6.45) is 5.77. The molecule has 1 aliphatic carbocycles. The molecule has 4 amide bonds. The molecule has 0 spiro atoms. The van der Waals surface area contributed by atoms with Gasteiger partial charge in [-0.25, -0.2) is 28.1 Å². The van der Waals surface area contributed by atoms with Gasteiger partial charge in [-0.15, -0.1) is 12.4 Å². The Hall–Kier alpha value is -3.61. The van der Waals surface area contributed by atoms with Gasteiger partial charge in [-0.05, 0) is 55.5 Å². The number of methoxy groups -OCH3 is 2. The molecule has 1 atom stereocenters. The van der Waals surface area contributed by atoms with Gasteiger partial charge in [0.1, 0.15) is 6.04 Å². The maximum Gasteiger partial charge on any atom is 0.338 e. The predicted molar refractivity (Wildman–Crippen MR) is 148 cm³/mol. The van der Waals surface area contributed by atoms with Crippen molar-refractivity contribution < 1.29 is 32.6 Å². The average molecular weight is 594 g/mol. The van der Waals surface area contributed by atoms with Crippen molar-refractivity contribution in [2.45, 2.75) is 43.7 Å². The smallest absolute Gasteiger partial charge is 0.338 e. The van der Waals surface area contributed by atoms with Crippen LogP contribution in [0.4, 0.5) is 18.4 Å². The Kier molecular flexibility index (Phi) is 11.6. The molecule has 222 valence electrons. The Bertz CT molecular complexity index is 1260. The number of ether oxygens (including phenoxy) is 2. The number of hydrogen-bond donors (Lipinski definition) is 3. The molecule has 1 saturated carbocycles. The average Bonchev–Trinajstić information content (AvgIpc) is 2.97. The van der Waals surface area contributed by atoms with Gasteiger partial charge in [-0.1, -0.05) is 12.1 Å². The van der Waals surface area contributed by atoms with Gasteiger partial charge in [-0.2, -0.15) is 0 Å². The largest absolute Gasteiger partial charge is 0.466 e. The second-order valence-corrected chi connectivity index (χ2v) is 9.68. The van der Waals surface area contributed by atoms with Crippen molar-refractivity contribution in [2.75, 3.05) is 33.9 Å². The van der Waals surface area contributed by atoms with E-state index < -0.39 is 35.7 Å². The molecule has 4 rings (SSSR count). The number of hydrogen-bond acceptors (Lipinski definition) is 7. The van der Waals surface area contributed by atoms with Crippen molar-refractivity contribution in [1.82, 2.24) is 25.8 Å². The monoisotopic (exact) mass is 593 g/mol. The normalized spacial score (nSPS) is 20.6. The number of rotatable bonds is 9. The molecule has 3 N–H and O–H groups in total. The Morgan fingerprint density at radius 2 is 1.83 bits per heavy atom. The molecule has 2 heterocycles. The van der Waals surface area contributed by atoms with Crippen LogP contribution < -0.4 is 16.0 Å². The van der Waals surface area contributed by atoms with Crippen molar-refractivity contribution in [2.24, 2.45) is 0 Å². The number of nitrogens with one attached hydrogen (secondary N) is 3. The number of urea groups is 2. The summed E-state index contributed by atoms with van der Waals surface area (Å²) in [5, 5.41) is 8.61. The van der Waals surface area contributed by atoms with Crippen LogP contribution in [0.1, 0.15) is 48.9 Å². The molecular weight excluding hydrogens is 560 g/mol. The first-order valence-corrected chi connectivity index (χ1v) is 13.1. The lowest BCUT2D eigenvalue weighted by atomic mass is 9.84. The van der Waals surface area contributed by atoms with E-state index in [1.807, 2.05) is 18.3 Å². The van der Waals surface area contributed by atoms with Gasteiger partial charge in [0.2, 0.25) is 0 Å². The second-order valence-electron chi connectivity index (χ2n) is 9.68. The van der Waals surface area contributed by atoms with Crippen LogP contribution in [-0.2, 0) is 14.3 Å². The number of nitrogens with zero attached hydrogens (tertiary/aromatic N) is 2. The van der Waals surface area contributed by atoms with E-state index in [1.54, 1.807) is 0 Å². The molecule has 2 aromatic rings. The molecule has 1 fully saturated rings. The summed E-state index contributed by atoms with van der Waals surface area (Å²) in [6.45, 7) is 0.457. The lowest BCUT2D eigenvalue weighted by Gasteiger charge is -2.36. The number of benzene rings is 1. The maximum atomic E-state index is 14.2. The topological polar surface area (TPSA) is 122 Å². The minimum atomic E-state index is -1.38. The van der Waals surface area contributed by atoms with Crippen LogP contribution in [0.5, 0.6) is 0 Å². The highest BCUT2D eigenvalue weighted by Crippen LogP contribution is 2.35. The Morgan fingerprint density at radius 1 is 1.07 bits per heavy atom. The van der Waals surface area contributed by atoms with Crippen LogP contribution in [0.15, 0.2) is 53.9 Å². The van der Waals surface area contributed by atoms with Gasteiger partial charge >= 0.3 is 18.0 Å². The van der Waals surface area contributed by atoms with E-state index in [0.29, 0.717) is 12.5 Å². The number of aromatic nitrogens is 1. The minimum absolute atomic E-state index is 0. The first-order valence-electron chi connectivity index (χ1n) is 13.1. The summed E-state index contributed by atoms with van der Waals surface area (Å²) in [6, 6.07) is 6.11. The fraction of sp³-hybridized carbons (Fsp3) is 0.429. The summed E-state index contributed by atoms with van der Waals surface area (Å²) in [7, 11) is 2.50. The number of carbonyl (C=O) groups excluding carboxylic acids is 3. The molecule has 1 aliphatic heterocycles. The van der Waals surface area contributed by atoms with Crippen molar-refractivity contribution >= 4 is 30.4 Å². The van der Waals surface area contributed by atoms with Gasteiger partial charge in [0.15, 0.2) is 11.6 Å². The molecule has 0 bridgehead atoms. The van der Waals surface area contributed by atoms with Gasteiger partial charge in [0.05, 0.1) is 25.0 Å². The lowest BCUT2D eigenvalue weighted by molar-refractivity contribution is -0.137. The van der Waals surface area contributed by atoms with Gasteiger partial charge in [0, 0.05) is 44.0 Å². The Morgan fingerprint density at radius 3 is 2.46 bits per heavy atom. The van der Waals surface area contributed by atoms with E-state index in [0.717, 1.165) is 55.5 Å². The van der Waals surface area contributed by atoms with Crippen LogP contribution in [0, 0.1) is 11.6 Å². The minimum Gasteiger partial charge on any atom is -0.466 e. The van der Waals surface area contributed by atoms with Gasteiger partial charge < -0.3 is 25.4 Å². The van der Waals surface area contributed by atoms with E-state index in [2.05, 4.69) is 27.0 Å².